The third-order valence-electron chi connectivity index (χ3n) is 5.78. The van der Waals surface area contributed by atoms with E-state index < -0.39 is 19.9 Å². The molecular formula is C24H33NO5S2. The summed E-state index contributed by atoms with van der Waals surface area (Å²) in [6.07, 6.45) is 1.18. The average molecular weight is 480 g/mol. The van der Waals surface area contributed by atoms with Crippen molar-refractivity contribution in [2.75, 3.05) is 13.2 Å². The molecule has 8 heteroatoms. The highest BCUT2D eigenvalue weighted by atomic mass is 32.2. The van der Waals surface area contributed by atoms with Crippen LogP contribution in [0.3, 0.4) is 0 Å². The molecule has 3 rings (SSSR count). The number of hydrogen-bond donors (Lipinski definition) is 1. The van der Waals surface area contributed by atoms with Crippen LogP contribution >= 0.6 is 0 Å². The molecule has 32 heavy (non-hydrogen) atoms. The van der Waals surface area contributed by atoms with Crippen LogP contribution < -0.4 is 4.72 Å². The Morgan fingerprint density at radius 2 is 1.47 bits per heavy atom. The maximum absolute atomic E-state index is 13.3. The van der Waals surface area contributed by atoms with Crippen molar-refractivity contribution in [2.24, 2.45) is 0 Å². The zero-order valence-electron chi connectivity index (χ0n) is 19.4. The fraction of sp³-hybridized carbons (Fsp3) is 0.500. The number of nitrogens with one attached hydrogen (secondary N) is 1. The summed E-state index contributed by atoms with van der Waals surface area (Å²) in [5, 5.41) is 0. The van der Waals surface area contributed by atoms with Crippen molar-refractivity contribution in [2.45, 2.75) is 79.5 Å². The SMILES string of the molecule is CC(C)c1ccc(S(=O)(=O)c2ccc(C(C)(C)C)cc2)cc1S(=O)(=O)NC1CCOCC1. The summed E-state index contributed by atoms with van der Waals surface area (Å²) in [7, 11) is -7.77. The molecule has 1 aliphatic rings. The lowest BCUT2D eigenvalue weighted by atomic mass is 9.87. The van der Waals surface area contributed by atoms with E-state index in [9.17, 15) is 16.8 Å². The van der Waals surface area contributed by atoms with Crippen LogP contribution in [0.1, 0.15) is 64.5 Å². The van der Waals surface area contributed by atoms with Crippen LogP contribution in [0.15, 0.2) is 57.2 Å². The molecule has 1 aliphatic heterocycles. The predicted molar refractivity (Wildman–Crippen MR) is 125 cm³/mol. The van der Waals surface area contributed by atoms with Gasteiger partial charge in [0.25, 0.3) is 0 Å². The Morgan fingerprint density at radius 3 is 2.00 bits per heavy atom. The molecule has 0 spiro atoms. The summed E-state index contributed by atoms with van der Waals surface area (Å²) in [6, 6.07) is 11.0. The van der Waals surface area contributed by atoms with Crippen LogP contribution in [0.5, 0.6) is 0 Å². The van der Waals surface area contributed by atoms with E-state index >= 15 is 0 Å². The van der Waals surface area contributed by atoms with Crippen molar-refractivity contribution in [1.29, 1.82) is 0 Å². The van der Waals surface area contributed by atoms with Crippen LogP contribution in [0.25, 0.3) is 0 Å². The quantitative estimate of drug-likeness (QED) is 0.663. The fourth-order valence-corrected chi connectivity index (χ4v) is 6.82. The summed E-state index contributed by atoms with van der Waals surface area (Å²) < 4.78 is 61.2. The lowest BCUT2D eigenvalue weighted by Gasteiger charge is -2.24. The van der Waals surface area contributed by atoms with Gasteiger partial charge in [0.15, 0.2) is 0 Å². The van der Waals surface area contributed by atoms with Crippen molar-refractivity contribution in [3.05, 3.63) is 53.6 Å². The van der Waals surface area contributed by atoms with Crippen molar-refractivity contribution >= 4 is 19.9 Å². The molecule has 2 aromatic carbocycles. The van der Waals surface area contributed by atoms with E-state index in [2.05, 4.69) is 25.5 Å². The van der Waals surface area contributed by atoms with E-state index in [4.69, 9.17) is 4.74 Å². The number of hydrogen-bond acceptors (Lipinski definition) is 5. The maximum Gasteiger partial charge on any atom is 0.241 e. The highest BCUT2D eigenvalue weighted by Crippen LogP contribution is 2.31. The van der Waals surface area contributed by atoms with Gasteiger partial charge in [0, 0.05) is 19.3 Å². The Labute approximate surface area is 192 Å². The highest BCUT2D eigenvalue weighted by Gasteiger charge is 2.28. The second-order valence-corrected chi connectivity index (χ2v) is 13.3. The molecule has 1 N–H and O–H groups in total. The molecule has 1 fully saturated rings. The van der Waals surface area contributed by atoms with Gasteiger partial charge in [0.1, 0.15) is 0 Å². The zero-order valence-corrected chi connectivity index (χ0v) is 21.0. The fourth-order valence-electron chi connectivity index (χ4n) is 3.76. The van der Waals surface area contributed by atoms with Gasteiger partial charge in [0.05, 0.1) is 14.7 Å². The van der Waals surface area contributed by atoms with E-state index in [1.54, 1.807) is 30.3 Å². The van der Waals surface area contributed by atoms with Gasteiger partial charge in [-0.05, 0) is 59.6 Å². The van der Waals surface area contributed by atoms with Crippen molar-refractivity contribution in [3.8, 4) is 0 Å². The Morgan fingerprint density at radius 1 is 0.906 bits per heavy atom. The molecule has 0 amide bonds. The van der Waals surface area contributed by atoms with Gasteiger partial charge in [0.2, 0.25) is 19.9 Å². The van der Waals surface area contributed by atoms with Crippen LogP contribution in [-0.4, -0.2) is 36.1 Å². The maximum atomic E-state index is 13.3. The number of sulfone groups is 1. The molecule has 0 saturated carbocycles. The molecule has 0 radical (unpaired) electrons. The Hall–Kier alpha value is -1.74. The number of rotatable bonds is 6. The van der Waals surface area contributed by atoms with E-state index in [1.807, 2.05) is 13.8 Å². The van der Waals surface area contributed by atoms with Gasteiger partial charge in [-0.2, -0.15) is 0 Å². The molecule has 0 aromatic heterocycles. The van der Waals surface area contributed by atoms with Crippen LogP contribution in [0.4, 0.5) is 0 Å². The largest absolute Gasteiger partial charge is 0.381 e. The lowest BCUT2D eigenvalue weighted by Crippen LogP contribution is -2.39. The van der Waals surface area contributed by atoms with Crippen LogP contribution in [-0.2, 0) is 30.0 Å². The number of benzene rings is 2. The molecule has 2 aromatic rings. The summed E-state index contributed by atoms with van der Waals surface area (Å²) in [4.78, 5) is 0.132. The molecular weight excluding hydrogens is 446 g/mol. The van der Waals surface area contributed by atoms with Gasteiger partial charge in [-0.1, -0.05) is 52.8 Å². The molecule has 0 unspecified atom stereocenters. The summed E-state index contributed by atoms with van der Waals surface area (Å²) >= 11 is 0. The average Bonchev–Trinajstić information content (AvgIpc) is 2.73. The molecule has 1 heterocycles. The molecule has 6 nitrogen and oxygen atoms in total. The smallest absolute Gasteiger partial charge is 0.241 e. The minimum atomic E-state index is -3.90. The number of ether oxygens (including phenoxy) is 1. The van der Waals surface area contributed by atoms with E-state index in [-0.39, 0.29) is 32.1 Å². The monoisotopic (exact) mass is 479 g/mol. The van der Waals surface area contributed by atoms with Crippen molar-refractivity contribution in [1.82, 2.24) is 4.72 Å². The number of sulfonamides is 1. The van der Waals surface area contributed by atoms with Crippen LogP contribution in [0, 0.1) is 0 Å². The molecule has 0 bridgehead atoms. The third kappa shape index (κ3) is 5.42. The van der Waals surface area contributed by atoms with E-state index in [0.29, 0.717) is 31.6 Å². The van der Waals surface area contributed by atoms with Gasteiger partial charge < -0.3 is 4.74 Å². The van der Waals surface area contributed by atoms with Crippen molar-refractivity contribution < 1.29 is 21.6 Å². The van der Waals surface area contributed by atoms with Gasteiger partial charge in [-0.3, -0.25) is 0 Å². The minimum absolute atomic E-state index is 0.0198. The van der Waals surface area contributed by atoms with Gasteiger partial charge in [-0.25, -0.2) is 21.6 Å². The molecule has 0 atom stereocenters. The third-order valence-corrected chi connectivity index (χ3v) is 9.12. The van der Waals surface area contributed by atoms with Crippen LogP contribution in [0.2, 0.25) is 0 Å². The summed E-state index contributed by atoms with van der Waals surface area (Å²) in [5.74, 6) is -0.0842. The zero-order chi connectivity index (χ0) is 23.7. The summed E-state index contributed by atoms with van der Waals surface area (Å²) in [5.41, 5.74) is 1.51. The Balaban J connectivity index is 2.02. The van der Waals surface area contributed by atoms with Gasteiger partial charge >= 0.3 is 0 Å². The first-order valence-electron chi connectivity index (χ1n) is 10.9. The molecule has 176 valence electrons. The first-order chi connectivity index (χ1) is 14.8. The first kappa shape index (κ1) is 24.9. The second-order valence-electron chi connectivity index (χ2n) is 9.64. The van der Waals surface area contributed by atoms with Crippen molar-refractivity contribution in [3.63, 3.8) is 0 Å². The lowest BCUT2D eigenvalue weighted by molar-refractivity contribution is 0.0832. The second kappa shape index (κ2) is 9.25. The molecule has 1 saturated heterocycles. The Kier molecular flexibility index (Phi) is 7.20. The topological polar surface area (TPSA) is 89.5 Å². The van der Waals surface area contributed by atoms with E-state index in [1.165, 1.54) is 12.1 Å². The molecule has 0 aliphatic carbocycles. The predicted octanol–water partition coefficient (Wildman–Crippen LogP) is 4.40. The minimum Gasteiger partial charge on any atom is -0.381 e. The highest BCUT2D eigenvalue weighted by molar-refractivity contribution is 7.91. The standard InChI is InChI=1S/C24H33NO5S2/c1-17(2)22-11-10-21(16-23(22)32(28,29)25-19-12-14-30-15-13-19)31(26,27)20-8-6-18(7-9-20)24(3,4)5/h6-11,16-17,19,25H,12-15H2,1-5H3. The Bertz CT molecular complexity index is 1160. The summed E-state index contributed by atoms with van der Waals surface area (Å²) in [6.45, 7) is 11.0. The normalized spacial score (nSPS) is 16.4. The first-order valence-corrected chi connectivity index (χ1v) is 13.9. The van der Waals surface area contributed by atoms with E-state index in [0.717, 1.165) is 5.56 Å². The van der Waals surface area contributed by atoms with Gasteiger partial charge in [-0.15, -0.1) is 0 Å².